The highest BCUT2D eigenvalue weighted by atomic mass is 35.5. The van der Waals surface area contributed by atoms with Crippen LogP contribution in [-0.2, 0) is 4.79 Å². The molecule has 4 nitrogen and oxygen atoms in total. The van der Waals surface area contributed by atoms with Crippen molar-refractivity contribution in [1.82, 2.24) is 10.6 Å². The molecule has 0 aliphatic heterocycles. The Balaban J connectivity index is 0.00000529. The maximum absolute atomic E-state index is 12.1. The molecule has 0 saturated heterocycles. The zero-order valence-electron chi connectivity index (χ0n) is 15.5. The van der Waals surface area contributed by atoms with Crippen LogP contribution in [0.5, 0.6) is 0 Å². The molecule has 138 valence electrons. The Morgan fingerprint density at radius 3 is 2.25 bits per heavy atom. The van der Waals surface area contributed by atoms with Crippen LogP contribution in [0.2, 0.25) is 0 Å². The standard InChI is InChI=1S/C19H33N3O.ClH/c1-5-11-17(20)18(23)21-14-19(6-2,7-3)22-15(4)16-12-9-8-10-13-16;/h8-10,12-13,15,17,22H,5-7,11,14,20H2,1-4H3,(H,21,23);1H. The first-order chi connectivity index (χ1) is 11.0. The van der Waals surface area contributed by atoms with Gasteiger partial charge < -0.3 is 16.4 Å². The highest BCUT2D eigenvalue weighted by Crippen LogP contribution is 2.21. The van der Waals surface area contributed by atoms with Crippen molar-refractivity contribution in [3.8, 4) is 0 Å². The van der Waals surface area contributed by atoms with Crippen LogP contribution >= 0.6 is 12.4 Å². The lowest BCUT2D eigenvalue weighted by Gasteiger charge is -2.36. The number of benzene rings is 1. The number of hydrogen-bond acceptors (Lipinski definition) is 3. The van der Waals surface area contributed by atoms with Gasteiger partial charge >= 0.3 is 0 Å². The highest BCUT2D eigenvalue weighted by Gasteiger charge is 2.29. The summed E-state index contributed by atoms with van der Waals surface area (Å²) in [5, 5.41) is 6.76. The van der Waals surface area contributed by atoms with E-state index in [0.717, 1.165) is 25.7 Å². The number of carbonyl (C=O) groups excluding carboxylic acids is 1. The molecule has 0 bridgehead atoms. The normalized spacial score (nSPS) is 13.7. The smallest absolute Gasteiger partial charge is 0.236 e. The van der Waals surface area contributed by atoms with E-state index in [9.17, 15) is 4.79 Å². The van der Waals surface area contributed by atoms with Gasteiger partial charge in [-0.2, -0.15) is 0 Å². The molecule has 0 saturated carbocycles. The second-order valence-corrected chi connectivity index (χ2v) is 6.38. The van der Waals surface area contributed by atoms with Crippen LogP contribution in [0.15, 0.2) is 30.3 Å². The van der Waals surface area contributed by atoms with Crippen molar-refractivity contribution in [3.63, 3.8) is 0 Å². The van der Waals surface area contributed by atoms with Gasteiger partial charge in [0.25, 0.3) is 0 Å². The Morgan fingerprint density at radius 1 is 1.17 bits per heavy atom. The van der Waals surface area contributed by atoms with Crippen LogP contribution in [-0.4, -0.2) is 24.0 Å². The topological polar surface area (TPSA) is 67.2 Å². The van der Waals surface area contributed by atoms with Gasteiger partial charge in [0.15, 0.2) is 0 Å². The molecule has 4 N–H and O–H groups in total. The minimum Gasteiger partial charge on any atom is -0.353 e. The lowest BCUT2D eigenvalue weighted by atomic mass is 9.90. The van der Waals surface area contributed by atoms with Crippen molar-refractivity contribution in [2.24, 2.45) is 5.73 Å². The van der Waals surface area contributed by atoms with Crippen molar-refractivity contribution < 1.29 is 4.79 Å². The Labute approximate surface area is 153 Å². The predicted octanol–water partition coefficient (Wildman–Crippen LogP) is 3.56. The minimum absolute atomic E-state index is 0. The number of nitrogens with one attached hydrogen (secondary N) is 2. The van der Waals surface area contributed by atoms with Crippen LogP contribution in [0.3, 0.4) is 0 Å². The van der Waals surface area contributed by atoms with E-state index < -0.39 is 6.04 Å². The molecule has 1 rings (SSSR count). The van der Waals surface area contributed by atoms with Crippen molar-refractivity contribution in [2.45, 2.75) is 71.0 Å². The molecule has 5 heteroatoms. The first kappa shape index (κ1) is 22.9. The van der Waals surface area contributed by atoms with Crippen molar-refractivity contribution in [2.75, 3.05) is 6.54 Å². The second-order valence-electron chi connectivity index (χ2n) is 6.38. The fourth-order valence-corrected chi connectivity index (χ4v) is 2.87. The third kappa shape index (κ3) is 6.80. The predicted molar refractivity (Wildman–Crippen MR) is 104 cm³/mol. The molecule has 2 atom stereocenters. The lowest BCUT2D eigenvalue weighted by Crippen LogP contribution is -2.55. The van der Waals surface area contributed by atoms with Crippen LogP contribution in [0.4, 0.5) is 0 Å². The molecule has 0 aliphatic rings. The van der Waals surface area contributed by atoms with Gasteiger partial charge in [0.2, 0.25) is 5.91 Å². The van der Waals surface area contributed by atoms with Crippen LogP contribution in [0.25, 0.3) is 0 Å². The SMILES string of the molecule is CCCC(N)C(=O)NCC(CC)(CC)NC(C)c1ccccc1.Cl. The minimum atomic E-state index is -0.405. The fraction of sp³-hybridized carbons (Fsp3) is 0.632. The maximum Gasteiger partial charge on any atom is 0.236 e. The van der Waals surface area contributed by atoms with Gasteiger partial charge in [0, 0.05) is 18.1 Å². The van der Waals surface area contributed by atoms with Gasteiger partial charge in [-0.15, -0.1) is 12.4 Å². The average molecular weight is 356 g/mol. The van der Waals surface area contributed by atoms with E-state index in [1.54, 1.807) is 0 Å². The first-order valence-corrected chi connectivity index (χ1v) is 8.84. The summed E-state index contributed by atoms with van der Waals surface area (Å²) < 4.78 is 0. The Kier molecular flexibility index (Phi) is 10.9. The van der Waals surface area contributed by atoms with Crippen LogP contribution < -0.4 is 16.4 Å². The number of amides is 1. The van der Waals surface area contributed by atoms with Gasteiger partial charge in [-0.25, -0.2) is 0 Å². The molecule has 0 aliphatic carbocycles. The van der Waals surface area contributed by atoms with Gasteiger partial charge in [-0.1, -0.05) is 57.5 Å². The first-order valence-electron chi connectivity index (χ1n) is 8.84. The summed E-state index contributed by atoms with van der Waals surface area (Å²) >= 11 is 0. The van der Waals surface area contributed by atoms with Crippen molar-refractivity contribution in [1.29, 1.82) is 0 Å². The average Bonchev–Trinajstić information content (AvgIpc) is 2.59. The molecule has 2 unspecified atom stereocenters. The molecule has 0 heterocycles. The zero-order chi connectivity index (χ0) is 17.3. The summed E-state index contributed by atoms with van der Waals surface area (Å²) in [4.78, 5) is 12.1. The van der Waals surface area contributed by atoms with E-state index in [-0.39, 0.29) is 29.9 Å². The third-order valence-electron chi connectivity index (χ3n) is 4.71. The summed E-state index contributed by atoms with van der Waals surface area (Å²) in [7, 11) is 0. The molecule has 24 heavy (non-hydrogen) atoms. The summed E-state index contributed by atoms with van der Waals surface area (Å²) in [6.45, 7) is 9.13. The van der Waals surface area contributed by atoms with Crippen LogP contribution in [0, 0.1) is 0 Å². The Bertz CT molecular complexity index is 463. The van der Waals surface area contributed by atoms with Crippen molar-refractivity contribution in [3.05, 3.63) is 35.9 Å². The van der Waals surface area contributed by atoms with Gasteiger partial charge in [0.1, 0.15) is 0 Å². The number of halogens is 1. The van der Waals surface area contributed by atoms with E-state index in [1.165, 1.54) is 5.56 Å². The molecule has 1 aromatic carbocycles. The Morgan fingerprint density at radius 2 is 1.75 bits per heavy atom. The molecule has 1 aromatic rings. The van der Waals surface area contributed by atoms with Crippen LogP contribution in [0.1, 0.15) is 65.0 Å². The van der Waals surface area contributed by atoms with E-state index in [4.69, 9.17) is 5.73 Å². The van der Waals surface area contributed by atoms with Gasteiger partial charge in [0.05, 0.1) is 6.04 Å². The van der Waals surface area contributed by atoms with Gasteiger partial charge in [-0.3, -0.25) is 4.79 Å². The largest absolute Gasteiger partial charge is 0.353 e. The quantitative estimate of drug-likeness (QED) is 0.601. The number of nitrogens with two attached hydrogens (primary N) is 1. The molecule has 0 fully saturated rings. The van der Waals surface area contributed by atoms with E-state index in [2.05, 4.69) is 55.7 Å². The van der Waals surface area contributed by atoms with E-state index >= 15 is 0 Å². The molecule has 1 amide bonds. The van der Waals surface area contributed by atoms with E-state index in [0.29, 0.717) is 6.54 Å². The van der Waals surface area contributed by atoms with E-state index in [1.807, 2.05) is 13.0 Å². The summed E-state index contributed by atoms with van der Waals surface area (Å²) in [6.07, 6.45) is 3.55. The third-order valence-corrected chi connectivity index (χ3v) is 4.71. The number of hydrogen-bond donors (Lipinski definition) is 3. The zero-order valence-corrected chi connectivity index (χ0v) is 16.3. The van der Waals surface area contributed by atoms with Crippen molar-refractivity contribution >= 4 is 18.3 Å². The molecule has 0 aromatic heterocycles. The summed E-state index contributed by atoms with van der Waals surface area (Å²) in [5.41, 5.74) is 7.04. The monoisotopic (exact) mass is 355 g/mol. The lowest BCUT2D eigenvalue weighted by molar-refractivity contribution is -0.122. The van der Waals surface area contributed by atoms with Gasteiger partial charge in [-0.05, 0) is 31.7 Å². The molecule has 0 spiro atoms. The second kappa shape index (κ2) is 11.5. The fourth-order valence-electron chi connectivity index (χ4n) is 2.87. The Hall–Kier alpha value is -1.10. The highest BCUT2D eigenvalue weighted by molar-refractivity contribution is 5.85. The summed E-state index contributed by atoms with van der Waals surface area (Å²) in [5.74, 6) is -0.0488. The molecular weight excluding hydrogens is 322 g/mol. The number of carbonyl (C=O) groups is 1. The summed E-state index contributed by atoms with van der Waals surface area (Å²) in [6, 6.07) is 10.2. The maximum atomic E-state index is 12.1. The molecule has 0 radical (unpaired) electrons. The molecular formula is C19H34ClN3O. The number of rotatable bonds is 10.